The molecule has 0 saturated carbocycles. The van der Waals surface area contributed by atoms with Gasteiger partial charge in [-0.15, -0.1) is 11.3 Å². The number of hydrogen-bond acceptors (Lipinski definition) is 4. The fourth-order valence-corrected chi connectivity index (χ4v) is 11.1. The molecule has 65 heavy (non-hydrogen) atoms. The average Bonchev–Trinajstić information content (AvgIpc) is 3.77. The summed E-state index contributed by atoms with van der Waals surface area (Å²) in [6.07, 6.45) is 0. The maximum Gasteiger partial charge on any atom is 0.160 e. The van der Waals surface area contributed by atoms with Crippen LogP contribution in [-0.4, -0.2) is 15.0 Å². The standard InChI is InChI=1S/C61H37N3S/c1-4-18-38(19-5-1)41-24-16-25-42(36-41)61-62-51(39-20-6-2-7-21-39)37-52(63-61)56-45-28-12-10-26-43(45)55(44-27-11-13-29-46(44)56)48-31-17-32-49-57-50(59(64-60(48)49)40-22-8-3-9-23-40)34-35-54-58(57)47-30-14-15-33-53(47)65-54/h1-37H. The number of hydrogen-bond donors (Lipinski definition) is 0. The summed E-state index contributed by atoms with van der Waals surface area (Å²) >= 11 is 1.86. The molecule has 13 rings (SSSR count). The SMILES string of the molecule is c1ccc(-c2cccc(-c3nc(-c4ccccc4)cc(-c4c5ccccc5c(-c5cccc6c5nc(-c5ccccc5)c5ccc7sc8ccccc8c7c56)c5ccccc45)n3)c2)cc1. The van der Waals surface area contributed by atoms with E-state index in [0.29, 0.717) is 5.82 Å². The highest BCUT2D eigenvalue weighted by Crippen LogP contribution is 2.48. The molecular formula is C61H37N3S. The van der Waals surface area contributed by atoms with Gasteiger partial charge in [0, 0.05) is 64.1 Å². The Balaban J connectivity index is 1.11. The van der Waals surface area contributed by atoms with Crippen LogP contribution in [0.2, 0.25) is 0 Å². The Morgan fingerprint density at radius 1 is 0.292 bits per heavy atom. The highest BCUT2D eigenvalue weighted by molar-refractivity contribution is 7.26. The Hall–Kier alpha value is -8.31. The molecule has 0 N–H and O–H groups in total. The van der Waals surface area contributed by atoms with E-state index in [-0.39, 0.29) is 0 Å². The van der Waals surface area contributed by atoms with Crippen molar-refractivity contribution in [3.8, 4) is 67.4 Å². The van der Waals surface area contributed by atoms with Crippen LogP contribution in [0.5, 0.6) is 0 Å². The first-order valence-corrected chi connectivity index (χ1v) is 22.8. The van der Waals surface area contributed by atoms with Gasteiger partial charge in [-0.25, -0.2) is 15.0 Å². The lowest BCUT2D eigenvalue weighted by Gasteiger charge is -2.20. The highest BCUT2D eigenvalue weighted by Gasteiger charge is 2.23. The fourth-order valence-electron chi connectivity index (χ4n) is 9.97. The summed E-state index contributed by atoms with van der Waals surface area (Å²) in [6.45, 7) is 0. The Kier molecular flexibility index (Phi) is 8.71. The second kappa shape index (κ2) is 15.2. The van der Waals surface area contributed by atoms with Crippen molar-refractivity contribution in [2.24, 2.45) is 0 Å². The number of para-hydroxylation sites is 1. The zero-order chi connectivity index (χ0) is 42.8. The molecule has 0 spiro atoms. The average molecular weight is 844 g/mol. The van der Waals surface area contributed by atoms with Gasteiger partial charge in [-0.05, 0) is 62.5 Å². The zero-order valence-electron chi connectivity index (χ0n) is 35.1. The summed E-state index contributed by atoms with van der Waals surface area (Å²) in [6, 6.07) is 80.2. The monoisotopic (exact) mass is 843 g/mol. The van der Waals surface area contributed by atoms with Crippen molar-refractivity contribution in [3.05, 3.63) is 224 Å². The highest BCUT2D eigenvalue weighted by atomic mass is 32.1. The number of benzene rings is 10. The van der Waals surface area contributed by atoms with Crippen molar-refractivity contribution in [1.82, 2.24) is 15.0 Å². The minimum absolute atomic E-state index is 0.683. The smallest absolute Gasteiger partial charge is 0.160 e. The first-order chi connectivity index (χ1) is 32.2. The van der Waals surface area contributed by atoms with E-state index in [1.54, 1.807) is 0 Å². The molecule has 0 saturated heterocycles. The van der Waals surface area contributed by atoms with Gasteiger partial charge in [-0.3, -0.25) is 0 Å². The Morgan fingerprint density at radius 2 is 0.831 bits per heavy atom. The van der Waals surface area contributed by atoms with Gasteiger partial charge in [0.25, 0.3) is 0 Å². The number of fused-ring (bicyclic) bond motifs is 9. The quantitative estimate of drug-likeness (QED) is 0.124. The maximum absolute atomic E-state index is 5.72. The van der Waals surface area contributed by atoms with Crippen molar-refractivity contribution in [3.63, 3.8) is 0 Å². The summed E-state index contributed by atoms with van der Waals surface area (Å²) in [5.74, 6) is 0.683. The van der Waals surface area contributed by atoms with Gasteiger partial charge in [-0.1, -0.05) is 200 Å². The predicted molar refractivity (Wildman–Crippen MR) is 275 cm³/mol. The van der Waals surface area contributed by atoms with Crippen molar-refractivity contribution < 1.29 is 0 Å². The van der Waals surface area contributed by atoms with Crippen LogP contribution in [0.25, 0.3) is 131 Å². The van der Waals surface area contributed by atoms with Gasteiger partial charge < -0.3 is 0 Å². The third-order valence-electron chi connectivity index (χ3n) is 12.9. The molecule has 0 fully saturated rings. The molecule has 0 unspecified atom stereocenters. The molecule has 0 amide bonds. The number of rotatable bonds is 6. The van der Waals surface area contributed by atoms with Crippen LogP contribution >= 0.6 is 11.3 Å². The molecule has 0 atom stereocenters. The lowest BCUT2D eigenvalue weighted by atomic mass is 9.85. The van der Waals surface area contributed by atoms with E-state index in [1.807, 2.05) is 11.3 Å². The van der Waals surface area contributed by atoms with Crippen molar-refractivity contribution in [2.75, 3.05) is 0 Å². The largest absolute Gasteiger partial charge is 0.246 e. The van der Waals surface area contributed by atoms with Gasteiger partial charge >= 0.3 is 0 Å². The Bertz CT molecular complexity index is 3930. The second-order valence-electron chi connectivity index (χ2n) is 16.6. The van der Waals surface area contributed by atoms with Gasteiger partial charge in [0.05, 0.1) is 22.6 Å². The van der Waals surface area contributed by atoms with E-state index in [2.05, 4.69) is 224 Å². The van der Waals surface area contributed by atoms with E-state index >= 15 is 0 Å². The first kappa shape index (κ1) is 37.3. The number of thiophene rings is 1. The van der Waals surface area contributed by atoms with Gasteiger partial charge in [0.15, 0.2) is 5.82 Å². The molecule has 0 aliphatic carbocycles. The van der Waals surface area contributed by atoms with E-state index < -0.39 is 0 Å². The third kappa shape index (κ3) is 6.14. The topological polar surface area (TPSA) is 38.7 Å². The zero-order valence-corrected chi connectivity index (χ0v) is 35.9. The van der Waals surface area contributed by atoms with Crippen LogP contribution in [0.1, 0.15) is 0 Å². The minimum Gasteiger partial charge on any atom is -0.246 e. The summed E-state index contributed by atoms with van der Waals surface area (Å²) < 4.78 is 2.57. The Morgan fingerprint density at radius 3 is 1.54 bits per heavy atom. The lowest BCUT2D eigenvalue weighted by Crippen LogP contribution is -1.98. The fraction of sp³-hybridized carbons (Fsp3) is 0. The van der Waals surface area contributed by atoms with E-state index in [9.17, 15) is 0 Å². The third-order valence-corrected chi connectivity index (χ3v) is 14.0. The molecule has 0 radical (unpaired) electrons. The number of aromatic nitrogens is 3. The summed E-state index contributed by atoms with van der Waals surface area (Å²) in [7, 11) is 0. The van der Waals surface area contributed by atoms with Crippen molar-refractivity contribution in [1.29, 1.82) is 0 Å². The molecule has 0 aliphatic rings. The van der Waals surface area contributed by atoms with Crippen LogP contribution in [0.3, 0.4) is 0 Å². The van der Waals surface area contributed by atoms with E-state index in [1.165, 1.54) is 25.6 Å². The summed E-state index contributed by atoms with van der Waals surface area (Å²) in [4.78, 5) is 16.5. The van der Waals surface area contributed by atoms with E-state index in [4.69, 9.17) is 15.0 Å². The molecule has 10 aromatic carbocycles. The van der Waals surface area contributed by atoms with Crippen LogP contribution in [0.15, 0.2) is 224 Å². The van der Waals surface area contributed by atoms with Crippen LogP contribution in [0, 0.1) is 0 Å². The summed E-state index contributed by atoms with van der Waals surface area (Å²) in [5, 5.41) is 10.6. The van der Waals surface area contributed by atoms with Crippen LogP contribution < -0.4 is 0 Å². The molecule has 302 valence electrons. The molecule has 0 aliphatic heterocycles. The molecular weight excluding hydrogens is 807 g/mol. The number of pyridine rings is 1. The second-order valence-corrected chi connectivity index (χ2v) is 17.7. The van der Waals surface area contributed by atoms with Crippen molar-refractivity contribution >= 4 is 74.7 Å². The van der Waals surface area contributed by atoms with Crippen molar-refractivity contribution in [2.45, 2.75) is 0 Å². The predicted octanol–water partition coefficient (Wildman–Crippen LogP) is 16.9. The summed E-state index contributed by atoms with van der Waals surface area (Å²) in [5.41, 5.74) is 12.4. The molecule has 3 aromatic heterocycles. The molecule has 3 nitrogen and oxygen atoms in total. The molecule has 13 aromatic rings. The van der Waals surface area contributed by atoms with E-state index in [0.717, 1.165) is 99.4 Å². The van der Waals surface area contributed by atoms with Crippen LogP contribution in [-0.2, 0) is 0 Å². The number of nitrogens with zero attached hydrogens (tertiary/aromatic N) is 3. The normalized spacial score (nSPS) is 11.7. The minimum atomic E-state index is 0.683. The van der Waals surface area contributed by atoms with Gasteiger partial charge in [0.2, 0.25) is 0 Å². The molecule has 3 heterocycles. The van der Waals surface area contributed by atoms with Crippen LogP contribution in [0.4, 0.5) is 0 Å². The molecule has 4 heteroatoms. The molecule has 0 bridgehead atoms. The van der Waals surface area contributed by atoms with Gasteiger partial charge in [0.1, 0.15) is 0 Å². The first-order valence-electron chi connectivity index (χ1n) is 22.0. The van der Waals surface area contributed by atoms with Gasteiger partial charge in [-0.2, -0.15) is 0 Å². The Labute approximate surface area is 379 Å². The maximum atomic E-state index is 5.72. The lowest BCUT2D eigenvalue weighted by molar-refractivity contribution is 1.19.